The van der Waals surface area contributed by atoms with Crippen LogP contribution in [-0.2, 0) is 6.54 Å². The molecule has 0 spiro atoms. The summed E-state index contributed by atoms with van der Waals surface area (Å²) in [7, 11) is 1.67. The number of methoxy groups -OCH3 is 1. The van der Waals surface area contributed by atoms with Crippen molar-refractivity contribution in [2.24, 2.45) is 11.7 Å². The number of ether oxygens (including phenoxy) is 1. The summed E-state index contributed by atoms with van der Waals surface area (Å²) in [6.45, 7) is 5.11. The number of benzene rings is 1. The lowest BCUT2D eigenvalue weighted by atomic mass is 10.00. The summed E-state index contributed by atoms with van der Waals surface area (Å²) in [5, 5.41) is 0. The van der Waals surface area contributed by atoms with Crippen LogP contribution in [0.3, 0.4) is 0 Å². The van der Waals surface area contributed by atoms with Crippen molar-refractivity contribution >= 4 is 15.9 Å². The third kappa shape index (κ3) is 3.44. The van der Waals surface area contributed by atoms with Crippen LogP contribution in [-0.4, -0.2) is 11.7 Å². The van der Waals surface area contributed by atoms with E-state index in [4.69, 9.17) is 10.5 Å². The van der Waals surface area contributed by atoms with Gasteiger partial charge in [0.1, 0.15) is 5.75 Å². The smallest absolute Gasteiger partial charge is 0.133 e. The van der Waals surface area contributed by atoms with Crippen LogP contribution in [0.15, 0.2) is 41.1 Å². The summed E-state index contributed by atoms with van der Waals surface area (Å²) < 4.78 is 8.38. The topological polar surface area (TPSA) is 40.2 Å². The van der Waals surface area contributed by atoms with Crippen LogP contribution < -0.4 is 10.5 Å². The Labute approximate surface area is 128 Å². The Kier molecular flexibility index (Phi) is 4.89. The molecular weight excluding hydrogens is 316 g/mol. The quantitative estimate of drug-likeness (QED) is 0.897. The van der Waals surface area contributed by atoms with Crippen LogP contribution in [0.25, 0.3) is 0 Å². The molecule has 1 aromatic heterocycles. The van der Waals surface area contributed by atoms with Crippen LogP contribution in [0.5, 0.6) is 5.75 Å². The molecule has 1 heterocycles. The highest BCUT2D eigenvalue weighted by Gasteiger charge is 2.11. The molecule has 108 valence electrons. The molecule has 2 aromatic rings. The number of rotatable bonds is 5. The van der Waals surface area contributed by atoms with Gasteiger partial charge in [0.05, 0.1) is 11.6 Å². The van der Waals surface area contributed by atoms with Crippen molar-refractivity contribution in [1.29, 1.82) is 0 Å². The fourth-order valence-corrected chi connectivity index (χ4v) is 2.75. The second kappa shape index (κ2) is 6.46. The van der Waals surface area contributed by atoms with Crippen LogP contribution in [0.1, 0.15) is 31.0 Å². The Bertz CT molecular complexity index is 578. The highest BCUT2D eigenvalue weighted by molar-refractivity contribution is 9.10. The molecule has 0 amide bonds. The van der Waals surface area contributed by atoms with E-state index in [-0.39, 0.29) is 6.04 Å². The molecule has 0 fully saturated rings. The lowest BCUT2D eigenvalue weighted by Gasteiger charge is -2.13. The first-order chi connectivity index (χ1) is 9.51. The normalized spacial score (nSPS) is 12.7. The third-order valence-corrected chi connectivity index (χ3v) is 4.08. The van der Waals surface area contributed by atoms with E-state index in [9.17, 15) is 0 Å². The van der Waals surface area contributed by atoms with E-state index in [0.717, 1.165) is 16.8 Å². The molecule has 1 atom stereocenters. The second-order valence-electron chi connectivity index (χ2n) is 5.36. The molecule has 0 radical (unpaired) electrons. The first-order valence-corrected chi connectivity index (χ1v) is 7.54. The highest BCUT2D eigenvalue weighted by Crippen LogP contribution is 2.26. The Hall–Kier alpha value is -1.26. The van der Waals surface area contributed by atoms with Gasteiger partial charge in [-0.25, -0.2) is 0 Å². The van der Waals surface area contributed by atoms with Gasteiger partial charge in [-0.15, -0.1) is 0 Å². The molecule has 2 rings (SSSR count). The molecule has 1 unspecified atom stereocenters. The molecule has 20 heavy (non-hydrogen) atoms. The van der Waals surface area contributed by atoms with Gasteiger partial charge in [0, 0.05) is 25.0 Å². The number of hydrogen-bond acceptors (Lipinski definition) is 2. The SMILES string of the molecule is COc1ccc(Cn2ccc(C(N)C(C)C)c2)cc1Br. The molecular formula is C16H21BrN2O. The lowest BCUT2D eigenvalue weighted by Crippen LogP contribution is -2.15. The zero-order valence-corrected chi connectivity index (χ0v) is 13.7. The summed E-state index contributed by atoms with van der Waals surface area (Å²) in [5.41, 5.74) is 8.58. The Morgan fingerprint density at radius 2 is 2.05 bits per heavy atom. The third-order valence-electron chi connectivity index (χ3n) is 3.46. The van der Waals surface area contributed by atoms with Gasteiger partial charge in [-0.2, -0.15) is 0 Å². The van der Waals surface area contributed by atoms with Gasteiger partial charge >= 0.3 is 0 Å². The molecule has 2 N–H and O–H groups in total. The van der Waals surface area contributed by atoms with Crippen molar-refractivity contribution in [1.82, 2.24) is 4.57 Å². The molecule has 0 aliphatic heterocycles. The van der Waals surface area contributed by atoms with Crippen molar-refractivity contribution in [3.05, 3.63) is 52.3 Å². The van der Waals surface area contributed by atoms with E-state index in [1.54, 1.807) is 7.11 Å². The molecule has 0 bridgehead atoms. The van der Waals surface area contributed by atoms with Crippen molar-refractivity contribution in [3.8, 4) is 5.75 Å². The van der Waals surface area contributed by atoms with E-state index in [1.165, 1.54) is 11.1 Å². The zero-order valence-electron chi connectivity index (χ0n) is 12.1. The van der Waals surface area contributed by atoms with Gasteiger partial charge < -0.3 is 15.0 Å². The van der Waals surface area contributed by atoms with Crippen molar-refractivity contribution in [3.63, 3.8) is 0 Å². The number of hydrogen-bond donors (Lipinski definition) is 1. The summed E-state index contributed by atoms with van der Waals surface area (Å²) >= 11 is 3.51. The Balaban J connectivity index is 2.12. The number of nitrogens with zero attached hydrogens (tertiary/aromatic N) is 1. The predicted octanol–water partition coefficient (Wildman–Crippen LogP) is 3.96. The van der Waals surface area contributed by atoms with Crippen LogP contribution >= 0.6 is 15.9 Å². The first kappa shape index (κ1) is 15.1. The monoisotopic (exact) mass is 336 g/mol. The van der Waals surface area contributed by atoms with Crippen molar-refractivity contribution in [2.45, 2.75) is 26.4 Å². The number of nitrogens with two attached hydrogens (primary N) is 1. The summed E-state index contributed by atoms with van der Waals surface area (Å²) in [4.78, 5) is 0. The summed E-state index contributed by atoms with van der Waals surface area (Å²) in [6, 6.07) is 8.33. The maximum atomic E-state index is 6.17. The van der Waals surface area contributed by atoms with Gasteiger partial charge in [-0.1, -0.05) is 19.9 Å². The molecule has 3 nitrogen and oxygen atoms in total. The fraction of sp³-hybridized carbons (Fsp3) is 0.375. The molecule has 0 saturated carbocycles. The van der Waals surface area contributed by atoms with E-state index in [1.807, 2.05) is 6.07 Å². The van der Waals surface area contributed by atoms with Crippen LogP contribution in [0.2, 0.25) is 0 Å². The van der Waals surface area contributed by atoms with Crippen molar-refractivity contribution in [2.75, 3.05) is 7.11 Å². The predicted molar refractivity (Wildman–Crippen MR) is 86.0 cm³/mol. The minimum absolute atomic E-state index is 0.0962. The average Bonchev–Trinajstić information content (AvgIpc) is 2.86. The second-order valence-corrected chi connectivity index (χ2v) is 6.21. The van der Waals surface area contributed by atoms with Gasteiger partial charge in [0.25, 0.3) is 0 Å². The van der Waals surface area contributed by atoms with Gasteiger partial charge in [0.15, 0.2) is 0 Å². The lowest BCUT2D eigenvalue weighted by molar-refractivity contribution is 0.412. The van der Waals surface area contributed by atoms with Gasteiger partial charge in [-0.3, -0.25) is 0 Å². The standard InChI is InChI=1S/C16H21BrN2O/c1-11(2)16(18)13-6-7-19(10-13)9-12-4-5-15(20-3)14(17)8-12/h4-8,10-11,16H,9,18H2,1-3H3. The van der Waals surface area contributed by atoms with Crippen LogP contribution in [0.4, 0.5) is 0 Å². The van der Waals surface area contributed by atoms with Gasteiger partial charge in [0.2, 0.25) is 0 Å². The Morgan fingerprint density at radius 1 is 1.30 bits per heavy atom. The van der Waals surface area contributed by atoms with E-state index in [2.05, 4.69) is 64.9 Å². The number of halogens is 1. The largest absolute Gasteiger partial charge is 0.496 e. The maximum absolute atomic E-state index is 6.17. The van der Waals surface area contributed by atoms with E-state index < -0.39 is 0 Å². The van der Waals surface area contributed by atoms with Gasteiger partial charge in [-0.05, 0) is 51.2 Å². The minimum atomic E-state index is 0.0962. The molecule has 0 aliphatic rings. The highest BCUT2D eigenvalue weighted by atomic mass is 79.9. The Morgan fingerprint density at radius 3 is 2.65 bits per heavy atom. The summed E-state index contributed by atoms with van der Waals surface area (Å²) in [5.74, 6) is 1.30. The van der Waals surface area contributed by atoms with E-state index >= 15 is 0 Å². The molecule has 1 aromatic carbocycles. The maximum Gasteiger partial charge on any atom is 0.133 e. The number of aromatic nitrogens is 1. The zero-order chi connectivity index (χ0) is 14.7. The van der Waals surface area contributed by atoms with E-state index in [0.29, 0.717) is 5.92 Å². The summed E-state index contributed by atoms with van der Waals surface area (Å²) in [6.07, 6.45) is 4.21. The minimum Gasteiger partial charge on any atom is -0.496 e. The fourth-order valence-electron chi connectivity index (χ4n) is 2.16. The molecule has 4 heteroatoms. The van der Waals surface area contributed by atoms with Crippen molar-refractivity contribution < 1.29 is 4.74 Å². The average molecular weight is 337 g/mol. The molecule has 0 saturated heterocycles. The first-order valence-electron chi connectivity index (χ1n) is 6.75. The molecule has 0 aliphatic carbocycles. The van der Waals surface area contributed by atoms with Crippen LogP contribution in [0, 0.1) is 5.92 Å².